The van der Waals surface area contributed by atoms with Gasteiger partial charge in [0.05, 0.1) is 11.6 Å². The van der Waals surface area contributed by atoms with Crippen LogP contribution in [0.15, 0.2) is 29.6 Å². The predicted octanol–water partition coefficient (Wildman–Crippen LogP) is 0.635. The van der Waals surface area contributed by atoms with E-state index in [0.717, 1.165) is 9.88 Å². The highest BCUT2D eigenvalue weighted by Gasteiger charge is 2.15. The Bertz CT molecular complexity index is 788. The van der Waals surface area contributed by atoms with Crippen molar-refractivity contribution in [2.75, 3.05) is 6.54 Å². The first-order chi connectivity index (χ1) is 10.0. The number of thiazole rings is 1. The van der Waals surface area contributed by atoms with Gasteiger partial charge >= 0.3 is 0 Å². The van der Waals surface area contributed by atoms with Crippen LogP contribution in [0.3, 0.4) is 0 Å². The maximum absolute atomic E-state index is 12.2. The number of aryl methyl sites for hydroxylation is 1. The van der Waals surface area contributed by atoms with Crippen LogP contribution in [-0.4, -0.2) is 24.9 Å². The van der Waals surface area contributed by atoms with Crippen LogP contribution in [-0.2, 0) is 16.6 Å². The molecule has 2 heterocycles. The molecule has 2 aromatic heterocycles. The molecule has 0 saturated carbocycles. The van der Waals surface area contributed by atoms with Gasteiger partial charge in [0.1, 0.15) is 4.90 Å². The molecule has 0 atom stereocenters. The molecule has 3 N–H and O–H groups in total. The van der Waals surface area contributed by atoms with Gasteiger partial charge in [-0.05, 0) is 13.0 Å². The fourth-order valence-electron chi connectivity index (χ4n) is 1.52. The molecule has 2 rings (SSSR count). The maximum Gasteiger partial charge on any atom is 0.242 e. The second-order valence-corrected chi connectivity index (χ2v) is 7.17. The molecule has 21 heavy (non-hydrogen) atoms. The Morgan fingerprint density at radius 3 is 2.86 bits per heavy atom. The third kappa shape index (κ3) is 4.34. The Labute approximate surface area is 127 Å². The van der Waals surface area contributed by atoms with Crippen molar-refractivity contribution in [3.8, 4) is 11.8 Å². The molecule has 0 aromatic carbocycles. The summed E-state index contributed by atoms with van der Waals surface area (Å²) in [4.78, 5) is 8.90. The molecule has 0 spiro atoms. The number of nitrogens with one attached hydrogen (secondary N) is 1. The van der Waals surface area contributed by atoms with Gasteiger partial charge in [-0.25, -0.2) is 18.1 Å². The molecule has 0 bridgehead atoms. The van der Waals surface area contributed by atoms with Crippen LogP contribution in [0, 0.1) is 18.8 Å². The van der Waals surface area contributed by atoms with E-state index in [-0.39, 0.29) is 18.0 Å². The van der Waals surface area contributed by atoms with Gasteiger partial charge in [0.15, 0.2) is 0 Å². The molecule has 0 aliphatic carbocycles. The zero-order chi connectivity index (χ0) is 15.3. The van der Waals surface area contributed by atoms with Gasteiger partial charge in [0.25, 0.3) is 0 Å². The Kier molecular flexibility index (Phi) is 5.03. The normalized spacial score (nSPS) is 11.0. The van der Waals surface area contributed by atoms with Crippen molar-refractivity contribution < 1.29 is 8.42 Å². The van der Waals surface area contributed by atoms with Crippen LogP contribution >= 0.6 is 11.3 Å². The van der Waals surface area contributed by atoms with E-state index in [2.05, 4.69) is 26.5 Å². The minimum Gasteiger partial charge on any atom is -0.320 e. The predicted molar refractivity (Wildman–Crippen MR) is 81.0 cm³/mol. The number of rotatable bonds is 4. The largest absolute Gasteiger partial charge is 0.320 e. The summed E-state index contributed by atoms with van der Waals surface area (Å²) >= 11 is 1.45. The molecule has 0 radical (unpaired) electrons. The number of pyridine rings is 1. The average molecular weight is 322 g/mol. The summed E-state index contributed by atoms with van der Waals surface area (Å²) in [5.41, 5.74) is 5.80. The van der Waals surface area contributed by atoms with Crippen molar-refractivity contribution in [1.82, 2.24) is 14.7 Å². The number of nitrogens with zero attached hydrogens (tertiary/aromatic N) is 2. The fraction of sp³-hybridized carbons (Fsp3) is 0.231. The first kappa shape index (κ1) is 15.6. The topological polar surface area (TPSA) is 98.0 Å². The third-order valence-corrected chi connectivity index (χ3v) is 4.74. The van der Waals surface area contributed by atoms with E-state index >= 15 is 0 Å². The molecule has 0 amide bonds. The summed E-state index contributed by atoms with van der Waals surface area (Å²) in [5.74, 6) is 5.42. The van der Waals surface area contributed by atoms with Crippen molar-refractivity contribution in [3.05, 3.63) is 40.1 Å². The molecule has 0 unspecified atom stereocenters. The lowest BCUT2D eigenvalue weighted by atomic mass is 10.3. The minimum absolute atomic E-state index is 0.0764. The summed E-state index contributed by atoms with van der Waals surface area (Å²) in [5, 5.41) is 0.893. The highest BCUT2D eigenvalue weighted by atomic mass is 32.2. The van der Waals surface area contributed by atoms with E-state index in [0.29, 0.717) is 5.56 Å². The smallest absolute Gasteiger partial charge is 0.242 e. The molecule has 0 aliphatic rings. The van der Waals surface area contributed by atoms with Gasteiger partial charge in [-0.2, -0.15) is 0 Å². The van der Waals surface area contributed by atoms with Crippen LogP contribution in [0.5, 0.6) is 0 Å². The van der Waals surface area contributed by atoms with E-state index in [4.69, 9.17) is 5.73 Å². The highest BCUT2D eigenvalue weighted by molar-refractivity contribution is 7.89. The van der Waals surface area contributed by atoms with Crippen LogP contribution in [0.2, 0.25) is 0 Å². The van der Waals surface area contributed by atoms with Crippen molar-refractivity contribution in [3.63, 3.8) is 0 Å². The standard InChI is InChI=1S/C13H14N4O2S2/c1-10-16-7-12(20-10)8-17-21(18,19)13-5-11(3-2-4-14)6-15-9-13/h5-7,9,17H,4,8,14H2,1H3. The van der Waals surface area contributed by atoms with Gasteiger partial charge in [-0.1, -0.05) is 11.8 Å². The first-order valence-electron chi connectivity index (χ1n) is 6.06. The second-order valence-electron chi connectivity index (χ2n) is 4.09. The molecule has 2 aromatic rings. The number of nitrogens with two attached hydrogens (primary N) is 1. The molecule has 0 fully saturated rings. The first-order valence-corrected chi connectivity index (χ1v) is 8.36. The Morgan fingerprint density at radius 1 is 1.38 bits per heavy atom. The minimum atomic E-state index is -3.63. The van der Waals surface area contributed by atoms with Crippen molar-refractivity contribution in [2.45, 2.75) is 18.4 Å². The number of hydrogen-bond donors (Lipinski definition) is 2. The quantitative estimate of drug-likeness (QED) is 0.805. The molecule has 6 nitrogen and oxygen atoms in total. The maximum atomic E-state index is 12.2. The monoisotopic (exact) mass is 322 g/mol. The molecular formula is C13H14N4O2S2. The van der Waals surface area contributed by atoms with E-state index in [9.17, 15) is 8.42 Å². The zero-order valence-corrected chi connectivity index (χ0v) is 13.0. The zero-order valence-electron chi connectivity index (χ0n) is 11.3. The summed E-state index contributed by atoms with van der Waals surface area (Å²) in [6.07, 6.45) is 4.44. The molecule has 8 heteroatoms. The fourth-order valence-corrected chi connectivity index (χ4v) is 3.34. The lowest BCUT2D eigenvalue weighted by Crippen LogP contribution is -2.23. The third-order valence-electron chi connectivity index (χ3n) is 2.46. The summed E-state index contributed by atoms with van der Waals surface area (Å²) in [7, 11) is -3.63. The van der Waals surface area contributed by atoms with Crippen molar-refractivity contribution in [1.29, 1.82) is 0 Å². The number of aromatic nitrogens is 2. The number of hydrogen-bond acceptors (Lipinski definition) is 6. The van der Waals surface area contributed by atoms with E-state index in [1.807, 2.05) is 6.92 Å². The van der Waals surface area contributed by atoms with Crippen LogP contribution < -0.4 is 10.5 Å². The van der Waals surface area contributed by atoms with E-state index < -0.39 is 10.0 Å². The van der Waals surface area contributed by atoms with Crippen molar-refractivity contribution in [2.24, 2.45) is 5.73 Å². The van der Waals surface area contributed by atoms with Crippen LogP contribution in [0.4, 0.5) is 0 Å². The van der Waals surface area contributed by atoms with Crippen LogP contribution in [0.1, 0.15) is 15.4 Å². The summed E-state index contributed by atoms with van der Waals surface area (Å²) < 4.78 is 26.9. The Morgan fingerprint density at radius 2 is 2.19 bits per heavy atom. The molecular weight excluding hydrogens is 308 g/mol. The second kappa shape index (κ2) is 6.78. The molecule has 0 aliphatic heterocycles. The lowest BCUT2D eigenvalue weighted by Gasteiger charge is -2.05. The van der Waals surface area contributed by atoms with Gasteiger partial charge in [0.2, 0.25) is 10.0 Å². The Balaban J connectivity index is 2.15. The van der Waals surface area contributed by atoms with Gasteiger partial charge in [-0.15, -0.1) is 11.3 Å². The van der Waals surface area contributed by atoms with Gasteiger partial charge in [-0.3, -0.25) is 4.98 Å². The highest BCUT2D eigenvalue weighted by Crippen LogP contribution is 2.13. The van der Waals surface area contributed by atoms with E-state index in [1.54, 1.807) is 6.20 Å². The molecule has 110 valence electrons. The lowest BCUT2D eigenvalue weighted by molar-refractivity contribution is 0.581. The van der Waals surface area contributed by atoms with Crippen molar-refractivity contribution >= 4 is 21.4 Å². The van der Waals surface area contributed by atoms with Gasteiger partial charge < -0.3 is 5.73 Å². The van der Waals surface area contributed by atoms with Gasteiger partial charge in [0, 0.05) is 35.6 Å². The molecule has 0 saturated heterocycles. The van der Waals surface area contributed by atoms with Crippen LogP contribution in [0.25, 0.3) is 0 Å². The SMILES string of the molecule is Cc1ncc(CNS(=O)(=O)c2cncc(C#CCN)c2)s1. The Hall–Kier alpha value is -1.79. The number of sulfonamides is 1. The van der Waals surface area contributed by atoms with E-state index in [1.165, 1.54) is 29.8 Å². The summed E-state index contributed by atoms with van der Waals surface area (Å²) in [6.45, 7) is 2.28. The summed E-state index contributed by atoms with van der Waals surface area (Å²) in [6, 6.07) is 1.47. The average Bonchev–Trinajstić information content (AvgIpc) is 2.89.